The summed E-state index contributed by atoms with van der Waals surface area (Å²) >= 11 is 6.66. The van der Waals surface area contributed by atoms with E-state index >= 15 is 0 Å². The van der Waals surface area contributed by atoms with Crippen LogP contribution in [0.5, 0.6) is 0 Å². The molecule has 0 radical (unpaired) electrons. The van der Waals surface area contributed by atoms with Crippen LogP contribution in [-0.4, -0.2) is 51.8 Å². The molecule has 0 saturated carbocycles. The number of thiocarbonyl (C=S) groups is 1. The molecule has 1 atom stereocenters. The molecule has 28 heavy (non-hydrogen) atoms. The van der Waals surface area contributed by atoms with E-state index in [2.05, 4.69) is 17.1 Å². The van der Waals surface area contributed by atoms with Crippen molar-refractivity contribution in [2.75, 3.05) is 24.2 Å². The van der Waals surface area contributed by atoms with Gasteiger partial charge in [-0.1, -0.05) is 30.9 Å². The van der Waals surface area contributed by atoms with E-state index in [4.69, 9.17) is 17.0 Å². The van der Waals surface area contributed by atoms with Crippen LogP contribution < -0.4 is 5.32 Å². The number of likely N-dealkylation sites (tertiary alicyclic amines) is 1. The van der Waals surface area contributed by atoms with Gasteiger partial charge in [-0.05, 0) is 56.9 Å². The molecule has 1 fully saturated rings. The highest BCUT2D eigenvalue weighted by Gasteiger charge is 2.21. The van der Waals surface area contributed by atoms with Gasteiger partial charge < -0.3 is 15.0 Å². The Morgan fingerprint density at radius 3 is 2.43 bits per heavy atom. The number of amides is 1. The van der Waals surface area contributed by atoms with E-state index < -0.39 is 18.0 Å². The zero-order valence-corrected chi connectivity index (χ0v) is 18.0. The summed E-state index contributed by atoms with van der Waals surface area (Å²) in [5.74, 6) is -0.161. The summed E-state index contributed by atoms with van der Waals surface area (Å²) in [5.41, 5.74) is 1.10. The van der Waals surface area contributed by atoms with Gasteiger partial charge in [0.1, 0.15) is 4.32 Å². The lowest BCUT2D eigenvalue weighted by molar-refractivity contribution is -0.150. The molecule has 152 valence electrons. The summed E-state index contributed by atoms with van der Waals surface area (Å²) < 4.78 is 5.90. The van der Waals surface area contributed by atoms with Crippen LogP contribution in [0, 0.1) is 5.92 Å². The first-order valence-electron chi connectivity index (χ1n) is 9.29. The molecular formula is C20H26N2O4S2. The number of Topliss-reactive ketones (excluding diaryl/α,β-unsaturated/α-hetero) is 1. The largest absolute Gasteiger partial charge is 0.452 e. The van der Waals surface area contributed by atoms with E-state index in [1.165, 1.54) is 25.6 Å². The molecule has 0 bridgehead atoms. The maximum atomic E-state index is 12.2. The molecule has 6 nitrogen and oxygen atoms in total. The number of hydrogen-bond donors (Lipinski definition) is 1. The Morgan fingerprint density at radius 1 is 1.25 bits per heavy atom. The van der Waals surface area contributed by atoms with Gasteiger partial charge in [-0.25, -0.2) is 0 Å². The zero-order chi connectivity index (χ0) is 20.7. The van der Waals surface area contributed by atoms with Crippen LogP contribution in [-0.2, 0) is 14.3 Å². The van der Waals surface area contributed by atoms with Gasteiger partial charge in [0.25, 0.3) is 5.91 Å². The highest BCUT2D eigenvalue weighted by Crippen LogP contribution is 2.20. The van der Waals surface area contributed by atoms with Gasteiger partial charge >= 0.3 is 5.97 Å². The predicted octanol–water partition coefficient (Wildman–Crippen LogP) is 3.51. The van der Waals surface area contributed by atoms with E-state index in [1.807, 2.05) is 0 Å². The first kappa shape index (κ1) is 22.4. The number of thioether (sulfide) groups is 1. The fourth-order valence-electron chi connectivity index (χ4n) is 2.72. The third-order valence-electron chi connectivity index (χ3n) is 4.59. The van der Waals surface area contributed by atoms with E-state index in [-0.39, 0.29) is 11.5 Å². The van der Waals surface area contributed by atoms with Crippen LogP contribution in [0.3, 0.4) is 0 Å². The van der Waals surface area contributed by atoms with Gasteiger partial charge in [0.05, 0.1) is 5.75 Å². The highest BCUT2D eigenvalue weighted by molar-refractivity contribution is 8.23. The molecule has 1 aliphatic heterocycles. The lowest BCUT2D eigenvalue weighted by atomic mass is 10.00. The number of carbonyl (C=O) groups excluding carboxylic acids is 3. The number of nitrogens with zero attached hydrogens (tertiary/aromatic N) is 1. The summed E-state index contributed by atoms with van der Waals surface area (Å²) in [6.07, 6.45) is 1.29. The molecule has 1 saturated heterocycles. The van der Waals surface area contributed by atoms with Gasteiger partial charge in [0, 0.05) is 24.3 Å². The Morgan fingerprint density at radius 2 is 1.86 bits per heavy atom. The predicted molar refractivity (Wildman–Crippen MR) is 116 cm³/mol. The smallest absolute Gasteiger partial charge is 0.317 e. The zero-order valence-electron chi connectivity index (χ0n) is 16.4. The molecule has 1 heterocycles. The molecule has 0 aromatic heterocycles. The number of esters is 1. The van der Waals surface area contributed by atoms with Crippen LogP contribution in [0.15, 0.2) is 24.3 Å². The van der Waals surface area contributed by atoms with E-state index in [1.54, 1.807) is 24.3 Å². The molecule has 0 aliphatic carbocycles. The minimum absolute atomic E-state index is 0.0466. The molecule has 1 aromatic carbocycles. The van der Waals surface area contributed by atoms with Crippen molar-refractivity contribution in [2.24, 2.45) is 5.92 Å². The second kappa shape index (κ2) is 10.6. The Bertz CT molecular complexity index is 728. The van der Waals surface area contributed by atoms with Crippen LogP contribution in [0.2, 0.25) is 0 Å². The van der Waals surface area contributed by atoms with Crippen LogP contribution in [0.1, 0.15) is 44.0 Å². The number of ether oxygens (including phenoxy) is 1. The lowest BCUT2D eigenvalue weighted by Gasteiger charge is -2.31. The summed E-state index contributed by atoms with van der Waals surface area (Å²) in [4.78, 5) is 37.6. The number of nitrogens with one attached hydrogen (secondary N) is 1. The van der Waals surface area contributed by atoms with Gasteiger partial charge in [0.2, 0.25) is 0 Å². The quantitative estimate of drug-likeness (QED) is 0.427. The molecule has 0 unspecified atom stereocenters. The standard InChI is InChI=1S/C20H26N2O4S2/c1-13-8-10-22(11-9-13)20(27)28-12-18(24)26-15(3)19(25)21-17-6-4-16(5-7-17)14(2)23/h4-7,13,15H,8-12H2,1-3H3,(H,21,25)/t15-/m1/s1. The van der Waals surface area contributed by atoms with Crippen molar-refractivity contribution in [3.63, 3.8) is 0 Å². The SMILES string of the molecule is CC(=O)c1ccc(NC(=O)[C@@H](C)OC(=O)CSC(=S)N2CCC(C)CC2)cc1. The Balaban J connectivity index is 1.74. The summed E-state index contributed by atoms with van der Waals surface area (Å²) in [7, 11) is 0. The number of piperidine rings is 1. The average Bonchev–Trinajstić information content (AvgIpc) is 2.67. The highest BCUT2D eigenvalue weighted by atomic mass is 32.2. The topological polar surface area (TPSA) is 75.7 Å². The molecule has 1 aromatic rings. The average molecular weight is 423 g/mol. The second-order valence-electron chi connectivity index (χ2n) is 6.98. The first-order chi connectivity index (χ1) is 13.3. The fourth-order valence-corrected chi connectivity index (χ4v) is 3.75. The monoisotopic (exact) mass is 422 g/mol. The van der Waals surface area contributed by atoms with Crippen LogP contribution in [0.4, 0.5) is 5.69 Å². The molecule has 1 amide bonds. The van der Waals surface area contributed by atoms with Crippen molar-refractivity contribution in [3.8, 4) is 0 Å². The summed E-state index contributed by atoms with van der Waals surface area (Å²) in [6.45, 7) is 7.07. The Hall–Kier alpha value is -1.93. The summed E-state index contributed by atoms with van der Waals surface area (Å²) in [5, 5.41) is 2.67. The number of carbonyl (C=O) groups is 3. The second-order valence-corrected chi connectivity index (χ2v) is 8.59. The van der Waals surface area contributed by atoms with Crippen molar-refractivity contribution in [1.82, 2.24) is 4.90 Å². The number of ketones is 1. The normalized spacial score (nSPS) is 15.6. The molecular weight excluding hydrogens is 396 g/mol. The molecule has 1 N–H and O–H groups in total. The van der Waals surface area contributed by atoms with E-state index in [0.717, 1.165) is 25.9 Å². The number of benzene rings is 1. The van der Waals surface area contributed by atoms with Gasteiger partial charge in [-0.2, -0.15) is 0 Å². The maximum absolute atomic E-state index is 12.2. The molecule has 0 spiro atoms. The van der Waals surface area contributed by atoms with Crippen molar-refractivity contribution in [2.45, 2.75) is 39.7 Å². The minimum Gasteiger partial charge on any atom is -0.452 e. The third-order valence-corrected chi connectivity index (χ3v) is 6.09. The molecule has 8 heteroatoms. The van der Waals surface area contributed by atoms with Crippen LogP contribution >= 0.6 is 24.0 Å². The third kappa shape index (κ3) is 6.91. The van der Waals surface area contributed by atoms with Gasteiger partial charge in [-0.3, -0.25) is 14.4 Å². The van der Waals surface area contributed by atoms with Gasteiger partial charge in [0.15, 0.2) is 11.9 Å². The van der Waals surface area contributed by atoms with Crippen molar-refractivity contribution >= 4 is 51.6 Å². The number of rotatable bonds is 6. The van der Waals surface area contributed by atoms with E-state index in [0.29, 0.717) is 21.5 Å². The van der Waals surface area contributed by atoms with Crippen LogP contribution in [0.25, 0.3) is 0 Å². The minimum atomic E-state index is -0.926. The molecule has 2 rings (SSSR count). The fraction of sp³-hybridized carbons (Fsp3) is 0.500. The Labute approximate surface area is 175 Å². The maximum Gasteiger partial charge on any atom is 0.317 e. The van der Waals surface area contributed by atoms with Gasteiger partial charge in [-0.15, -0.1) is 0 Å². The lowest BCUT2D eigenvalue weighted by Crippen LogP contribution is -2.36. The van der Waals surface area contributed by atoms with Crippen molar-refractivity contribution < 1.29 is 19.1 Å². The van der Waals surface area contributed by atoms with Crippen molar-refractivity contribution in [3.05, 3.63) is 29.8 Å². The van der Waals surface area contributed by atoms with Crippen molar-refractivity contribution in [1.29, 1.82) is 0 Å². The number of anilines is 1. The van der Waals surface area contributed by atoms with E-state index in [9.17, 15) is 14.4 Å². The summed E-state index contributed by atoms with van der Waals surface area (Å²) in [6, 6.07) is 6.54. The first-order valence-corrected chi connectivity index (χ1v) is 10.7. The number of hydrogen-bond acceptors (Lipinski definition) is 6. The molecule has 1 aliphatic rings. The Kier molecular flexibility index (Phi) is 8.44.